The lowest BCUT2D eigenvalue weighted by Gasteiger charge is -2.11. The number of anilines is 1. The summed E-state index contributed by atoms with van der Waals surface area (Å²) in [7, 11) is 0. The van der Waals surface area contributed by atoms with Crippen molar-refractivity contribution in [2.45, 2.75) is 19.8 Å². The van der Waals surface area contributed by atoms with Gasteiger partial charge in [-0.2, -0.15) is 0 Å². The van der Waals surface area contributed by atoms with Crippen molar-refractivity contribution >= 4 is 40.0 Å². The predicted octanol–water partition coefficient (Wildman–Crippen LogP) is 4.64. The average molecular weight is 474 g/mol. The van der Waals surface area contributed by atoms with E-state index in [9.17, 15) is 14.4 Å². The first-order valence-corrected chi connectivity index (χ1v) is 11.3. The van der Waals surface area contributed by atoms with Gasteiger partial charge in [-0.3, -0.25) is 14.4 Å². The zero-order chi connectivity index (χ0) is 24.1. The second-order valence-corrected chi connectivity index (χ2v) is 8.56. The Morgan fingerprint density at radius 1 is 0.941 bits per heavy atom. The molecule has 6 nitrogen and oxygen atoms in total. The first kappa shape index (κ1) is 23.3. The second kappa shape index (κ2) is 10.4. The van der Waals surface area contributed by atoms with Crippen molar-refractivity contribution in [3.63, 3.8) is 0 Å². The van der Waals surface area contributed by atoms with Crippen LogP contribution < -0.4 is 16.2 Å². The van der Waals surface area contributed by atoms with Gasteiger partial charge in [0.2, 0.25) is 5.91 Å². The lowest BCUT2D eigenvalue weighted by Crippen LogP contribution is -2.31. The van der Waals surface area contributed by atoms with Gasteiger partial charge >= 0.3 is 0 Å². The highest BCUT2D eigenvalue weighted by Gasteiger charge is 2.14. The number of carbonyl (C=O) groups is 2. The monoisotopic (exact) mass is 473 g/mol. The molecule has 0 bridgehead atoms. The Hall–Kier alpha value is -3.90. The van der Waals surface area contributed by atoms with Crippen LogP contribution in [0.3, 0.4) is 0 Å². The molecule has 0 unspecified atom stereocenters. The number of aryl methyl sites for hydroxylation is 1. The molecule has 2 amide bonds. The van der Waals surface area contributed by atoms with Crippen molar-refractivity contribution in [1.29, 1.82) is 0 Å². The molecule has 0 aliphatic heterocycles. The molecule has 0 radical (unpaired) electrons. The summed E-state index contributed by atoms with van der Waals surface area (Å²) in [6, 6.07) is 21.8. The Kier molecular flexibility index (Phi) is 7.09. The third-order valence-corrected chi connectivity index (χ3v) is 5.76. The Balaban J connectivity index is 1.49. The van der Waals surface area contributed by atoms with Gasteiger partial charge in [0, 0.05) is 17.0 Å². The van der Waals surface area contributed by atoms with Gasteiger partial charge in [0.25, 0.3) is 11.5 Å². The number of hydrogen-bond acceptors (Lipinski definition) is 3. The Bertz CT molecular complexity index is 1390. The fourth-order valence-corrected chi connectivity index (χ4v) is 3.79. The van der Waals surface area contributed by atoms with Gasteiger partial charge in [-0.15, -0.1) is 0 Å². The van der Waals surface area contributed by atoms with Gasteiger partial charge in [0.15, 0.2) is 0 Å². The van der Waals surface area contributed by atoms with Crippen LogP contribution in [0.2, 0.25) is 5.02 Å². The smallest absolute Gasteiger partial charge is 0.261 e. The lowest BCUT2D eigenvalue weighted by atomic mass is 10.1. The van der Waals surface area contributed by atoms with Crippen LogP contribution in [0.15, 0.2) is 77.6 Å². The fourth-order valence-electron chi connectivity index (χ4n) is 3.66. The zero-order valence-corrected chi connectivity index (χ0v) is 19.4. The molecule has 0 atom stereocenters. The summed E-state index contributed by atoms with van der Waals surface area (Å²) < 4.78 is 0. The van der Waals surface area contributed by atoms with Gasteiger partial charge < -0.3 is 15.6 Å². The number of H-pyrrole nitrogens is 1. The standard InChI is InChI=1S/C27H24ClN3O3/c1-17-5-7-18(8-6-17)13-14-29-26(33)22-16-21-23(3-2-4-24(21)31-27(22)34)30-25(32)15-19-9-11-20(28)12-10-19/h2-12,16H,13-15H2,1H3,(H,29,33)(H,30,32)(H,31,34). The molecule has 0 saturated carbocycles. The van der Waals surface area contributed by atoms with Gasteiger partial charge in [-0.25, -0.2) is 0 Å². The number of aromatic amines is 1. The summed E-state index contributed by atoms with van der Waals surface area (Å²) in [5.74, 6) is -0.678. The first-order valence-electron chi connectivity index (χ1n) is 10.9. The van der Waals surface area contributed by atoms with Crippen LogP contribution in [0.1, 0.15) is 27.0 Å². The minimum atomic E-state index is -0.482. The maximum absolute atomic E-state index is 12.7. The van der Waals surface area contributed by atoms with E-state index in [0.29, 0.717) is 34.6 Å². The molecule has 4 aromatic rings. The second-order valence-electron chi connectivity index (χ2n) is 8.12. The molecule has 172 valence electrons. The summed E-state index contributed by atoms with van der Waals surface area (Å²) in [6.45, 7) is 2.42. The molecular formula is C27H24ClN3O3. The van der Waals surface area contributed by atoms with E-state index in [4.69, 9.17) is 11.6 Å². The molecule has 1 aromatic heterocycles. The largest absolute Gasteiger partial charge is 0.352 e. The minimum Gasteiger partial charge on any atom is -0.352 e. The first-order chi connectivity index (χ1) is 16.4. The summed E-state index contributed by atoms with van der Waals surface area (Å²) >= 11 is 5.90. The number of fused-ring (bicyclic) bond motifs is 1. The summed E-state index contributed by atoms with van der Waals surface area (Å²) in [5.41, 5.74) is 3.66. The van der Waals surface area contributed by atoms with Crippen LogP contribution in [-0.2, 0) is 17.6 Å². The van der Waals surface area contributed by atoms with Crippen molar-refractivity contribution in [3.05, 3.63) is 110 Å². The third kappa shape index (κ3) is 5.71. The van der Waals surface area contributed by atoms with Gasteiger partial charge in [0.1, 0.15) is 5.56 Å². The molecule has 0 spiro atoms. The molecule has 0 saturated heterocycles. The van der Waals surface area contributed by atoms with E-state index in [-0.39, 0.29) is 17.9 Å². The quantitative estimate of drug-likeness (QED) is 0.365. The van der Waals surface area contributed by atoms with E-state index in [1.165, 1.54) is 11.6 Å². The highest BCUT2D eigenvalue weighted by atomic mass is 35.5. The highest BCUT2D eigenvalue weighted by molar-refractivity contribution is 6.30. The van der Waals surface area contributed by atoms with Crippen LogP contribution in [0.5, 0.6) is 0 Å². The van der Waals surface area contributed by atoms with E-state index in [1.54, 1.807) is 42.5 Å². The molecule has 0 fully saturated rings. The Labute approximate surface area is 202 Å². The lowest BCUT2D eigenvalue weighted by molar-refractivity contribution is -0.115. The van der Waals surface area contributed by atoms with Crippen molar-refractivity contribution in [1.82, 2.24) is 10.3 Å². The molecule has 34 heavy (non-hydrogen) atoms. The van der Waals surface area contributed by atoms with Crippen LogP contribution in [0, 0.1) is 6.92 Å². The maximum Gasteiger partial charge on any atom is 0.261 e. The number of pyridine rings is 1. The van der Waals surface area contributed by atoms with Gasteiger partial charge in [-0.05, 0) is 54.8 Å². The van der Waals surface area contributed by atoms with E-state index in [1.807, 2.05) is 31.2 Å². The van der Waals surface area contributed by atoms with Crippen molar-refractivity contribution < 1.29 is 9.59 Å². The molecule has 4 rings (SSSR count). The van der Waals surface area contributed by atoms with E-state index < -0.39 is 11.5 Å². The summed E-state index contributed by atoms with van der Waals surface area (Å²) in [5, 5.41) is 6.87. The SMILES string of the molecule is Cc1ccc(CCNC(=O)c2cc3c(NC(=O)Cc4ccc(Cl)cc4)cccc3[nH]c2=O)cc1. The Morgan fingerprint density at radius 3 is 2.38 bits per heavy atom. The number of aromatic nitrogens is 1. The number of benzene rings is 3. The fraction of sp³-hybridized carbons (Fsp3) is 0.148. The van der Waals surface area contributed by atoms with E-state index in [0.717, 1.165) is 11.1 Å². The number of rotatable bonds is 7. The summed E-state index contributed by atoms with van der Waals surface area (Å²) in [4.78, 5) is 40.6. The normalized spacial score (nSPS) is 10.8. The van der Waals surface area contributed by atoms with Gasteiger partial charge in [0.05, 0.1) is 17.6 Å². The number of halogens is 1. The number of nitrogens with one attached hydrogen (secondary N) is 3. The van der Waals surface area contributed by atoms with E-state index >= 15 is 0 Å². The topological polar surface area (TPSA) is 91.1 Å². The van der Waals surface area contributed by atoms with Crippen molar-refractivity contribution in [2.75, 3.05) is 11.9 Å². The minimum absolute atomic E-state index is 0.00388. The molecular weight excluding hydrogens is 450 g/mol. The zero-order valence-electron chi connectivity index (χ0n) is 18.7. The van der Waals surface area contributed by atoms with Crippen LogP contribution >= 0.6 is 11.6 Å². The molecule has 7 heteroatoms. The van der Waals surface area contributed by atoms with Crippen molar-refractivity contribution in [3.8, 4) is 0 Å². The number of carbonyl (C=O) groups excluding carboxylic acids is 2. The average Bonchev–Trinajstić information content (AvgIpc) is 2.81. The van der Waals surface area contributed by atoms with Crippen molar-refractivity contribution in [2.24, 2.45) is 0 Å². The molecule has 1 heterocycles. The Morgan fingerprint density at radius 2 is 1.65 bits per heavy atom. The highest BCUT2D eigenvalue weighted by Crippen LogP contribution is 2.22. The molecule has 0 aliphatic rings. The van der Waals surface area contributed by atoms with Gasteiger partial charge in [-0.1, -0.05) is 59.6 Å². The molecule has 3 aromatic carbocycles. The number of amides is 2. The number of hydrogen-bond donors (Lipinski definition) is 3. The molecule has 3 N–H and O–H groups in total. The van der Waals surface area contributed by atoms with Crippen LogP contribution in [0.4, 0.5) is 5.69 Å². The van der Waals surface area contributed by atoms with Crippen LogP contribution in [-0.4, -0.2) is 23.3 Å². The van der Waals surface area contributed by atoms with Crippen LogP contribution in [0.25, 0.3) is 10.9 Å². The third-order valence-electron chi connectivity index (χ3n) is 5.50. The molecule has 0 aliphatic carbocycles. The summed E-state index contributed by atoms with van der Waals surface area (Å²) in [6.07, 6.45) is 0.826. The maximum atomic E-state index is 12.7. The predicted molar refractivity (Wildman–Crippen MR) is 136 cm³/mol. The van der Waals surface area contributed by atoms with E-state index in [2.05, 4.69) is 15.6 Å².